The molecule has 1 aromatic carbocycles. The average Bonchev–Trinajstić information content (AvgIpc) is 2.89. The van der Waals surface area contributed by atoms with E-state index in [0.717, 1.165) is 16.9 Å². The summed E-state index contributed by atoms with van der Waals surface area (Å²) in [6.45, 7) is 6.23. The first kappa shape index (κ1) is 13.6. The van der Waals surface area contributed by atoms with Crippen molar-refractivity contribution in [2.24, 2.45) is 0 Å². The molecule has 0 spiro atoms. The van der Waals surface area contributed by atoms with E-state index >= 15 is 0 Å². The Morgan fingerprint density at radius 1 is 1.16 bits per heavy atom. The number of nitriles is 1. The van der Waals surface area contributed by atoms with Crippen molar-refractivity contribution >= 4 is 8.32 Å². The summed E-state index contributed by atoms with van der Waals surface area (Å²) in [5.74, 6) is 0.825. The molecule has 2 rings (SSSR count). The summed E-state index contributed by atoms with van der Waals surface area (Å²) in [7, 11) is -1.73. The molecule has 0 aliphatic heterocycles. The van der Waals surface area contributed by atoms with E-state index in [1.54, 1.807) is 6.26 Å². The van der Waals surface area contributed by atoms with Gasteiger partial charge in [0.1, 0.15) is 5.76 Å². The minimum atomic E-state index is -1.73. The van der Waals surface area contributed by atoms with Crippen molar-refractivity contribution in [2.75, 3.05) is 0 Å². The Labute approximate surface area is 114 Å². The molecule has 4 heteroatoms. The highest BCUT2D eigenvalue weighted by molar-refractivity contribution is 6.69. The number of hydrogen-bond donors (Lipinski definition) is 0. The van der Waals surface area contributed by atoms with Crippen LogP contribution in [0.4, 0.5) is 0 Å². The highest BCUT2D eigenvalue weighted by Gasteiger charge is 2.22. The average molecular weight is 271 g/mol. The minimum absolute atomic E-state index is 0.489. The zero-order valence-corrected chi connectivity index (χ0v) is 12.4. The summed E-state index contributed by atoms with van der Waals surface area (Å²) < 4.78 is 11.2. The molecule has 0 aliphatic rings. The first-order chi connectivity index (χ1) is 8.99. The van der Waals surface area contributed by atoms with Crippen molar-refractivity contribution in [3.63, 3.8) is 0 Å². The third-order valence-electron chi connectivity index (χ3n) is 2.61. The summed E-state index contributed by atoms with van der Waals surface area (Å²) in [5, 5.41) is 9.22. The van der Waals surface area contributed by atoms with Gasteiger partial charge >= 0.3 is 0 Å². The van der Waals surface area contributed by atoms with Gasteiger partial charge in [-0.25, -0.2) is 0 Å². The fourth-order valence-corrected chi connectivity index (χ4v) is 2.68. The molecule has 2 aromatic rings. The summed E-state index contributed by atoms with van der Waals surface area (Å²) in [6, 6.07) is 13.7. The van der Waals surface area contributed by atoms with Gasteiger partial charge in [0.05, 0.1) is 12.3 Å². The third-order valence-corrected chi connectivity index (χ3v) is 3.55. The summed E-state index contributed by atoms with van der Waals surface area (Å²) in [5.41, 5.74) is 1.89. The van der Waals surface area contributed by atoms with E-state index in [9.17, 15) is 5.26 Å². The molecule has 0 radical (unpaired) electrons. The quantitative estimate of drug-likeness (QED) is 0.776. The molecule has 3 nitrogen and oxygen atoms in total. The predicted molar refractivity (Wildman–Crippen MR) is 76.9 cm³/mol. The van der Waals surface area contributed by atoms with Crippen LogP contribution in [-0.4, -0.2) is 8.32 Å². The zero-order valence-electron chi connectivity index (χ0n) is 11.4. The molecule has 98 valence electrons. The van der Waals surface area contributed by atoms with Crippen LogP contribution in [0.5, 0.6) is 0 Å². The molecule has 1 heterocycles. The van der Waals surface area contributed by atoms with Crippen molar-refractivity contribution in [2.45, 2.75) is 25.7 Å². The van der Waals surface area contributed by atoms with Crippen molar-refractivity contribution in [1.29, 1.82) is 5.26 Å². The van der Waals surface area contributed by atoms with Crippen LogP contribution in [0.25, 0.3) is 11.3 Å². The lowest BCUT2D eigenvalue weighted by Gasteiger charge is -2.21. The van der Waals surface area contributed by atoms with E-state index < -0.39 is 14.4 Å². The van der Waals surface area contributed by atoms with Gasteiger partial charge in [0, 0.05) is 5.56 Å². The Balaban J connectivity index is 2.20. The number of benzene rings is 1. The molecule has 1 atom stereocenters. The first-order valence-corrected chi connectivity index (χ1v) is 9.62. The first-order valence-electron chi connectivity index (χ1n) is 6.21. The number of nitrogens with zero attached hydrogens (tertiary/aromatic N) is 1. The summed E-state index contributed by atoms with van der Waals surface area (Å²) in [6.07, 6.45) is 1.16. The molecule has 1 unspecified atom stereocenters. The molecule has 19 heavy (non-hydrogen) atoms. The Bertz CT molecular complexity index is 562. The van der Waals surface area contributed by atoms with Gasteiger partial charge in [-0.2, -0.15) is 5.26 Å². The van der Waals surface area contributed by atoms with Crippen molar-refractivity contribution in [3.05, 3.63) is 48.2 Å². The molecule has 0 amide bonds. The van der Waals surface area contributed by atoms with Gasteiger partial charge in [-0.15, -0.1) is 0 Å². The van der Waals surface area contributed by atoms with Gasteiger partial charge in [-0.05, 0) is 37.3 Å². The molecular formula is C15H17NO2Si. The monoisotopic (exact) mass is 271 g/mol. The van der Waals surface area contributed by atoms with Crippen LogP contribution < -0.4 is 0 Å². The molecule has 0 fully saturated rings. The van der Waals surface area contributed by atoms with Crippen LogP contribution in [0.2, 0.25) is 19.6 Å². The summed E-state index contributed by atoms with van der Waals surface area (Å²) >= 11 is 0. The normalized spacial score (nSPS) is 12.9. The lowest BCUT2D eigenvalue weighted by atomic mass is 10.1. The number of furan rings is 1. The third kappa shape index (κ3) is 3.57. The van der Waals surface area contributed by atoms with E-state index in [1.807, 2.05) is 36.4 Å². The number of rotatable bonds is 4. The smallest absolute Gasteiger partial charge is 0.186 e. The Morgan fingerprint density at radius 2 is 1.84 bits per heavy atom. The van der Waals surface area contributed by atoms with Crippen LogP contribution in [0, 0.1) is 11.3 Å². The Kier molecular flexibility index (Phi) is 3.89. The maximum Gasteiger partial charge on any atom is 0.186 e. The van der Waals surface area contributed by atoms with Crippen LogP contribution in [-0.2, 0) is 4.43 Å². The van der Waals surface area contributed by atoms with Gasteiger partial charge in [0.15, 0.2) is 14.4 Å². The molecule has 0 N–H and O–H groups in total. The highest BCUT2D eigenvalue weighted by Crippen LogP contribution is 2.25. The largest absolute Gasteiger partial charge is 0.464 e. The van der Waals surface area contributed by atoms with Crippen LogP contribution >= 0.6 is 0 Å². The van der Waals surface area contributed by atoms with Crippen LogP contribution in [0.1, 0.15) is 11.7 Å². The SMILES string of the molecule is C[Si](C)(C)OC(C#N)c1ccc(-c2ccco2)cc1. The van der Waals surface area contributed by atoms with Gasteiger partial charge in [-0.1, -0.05) is 24.3 Å². The maximum atomic E-state index is 9.22. The standard InChI is InChI=1S/C15H17NO2Si/c1-19(2,3)18-15(11-16)13-8-6-12(7-9-13)14-5-4-10-17-14/h4-10,15H,1-3H3. The molecule has 0 saturated heterocycles. The highest BCUT2D eigenvalue weighted by atomic mass is 28.4. The van der Waals surface area contributed by atoms with Crippen molar-refractivity contribution in [1.82, 2.24) is 0 Å². The number of hydrogen-bond acceptors (Lipinski definition) is 3. The van der Waals surface area contributed by atoms with Crippen molar-refractivity contribution in [3.8, 4) is 17.4 Å². The fourth-order valence-electron chi connectivity index (χ4n) is 1.79. The fraction of sp³-hybridized carbons (Fsp3) is 0.267. The Morgan fingerprint density at radius 3 is 2.32 bits per heavy atom. The summed E-state index contributed by atoms with van der Waals surface area (Å²) in [4.78, 5) is 0. The predicted octanol–water partition coefficient (Wildman–Crippen LogP) is 4.36. The van der Waals surface area contributed by atoms with E-state index in [4.69, 9.17) is 8.84 Å². The molecule has 0 saturated carbocycles. The topological polar surface area (TPSA) is 46.2 Å². The van der Waals surface area contributed by atoms with Gasteiger partial charge < -0.3 is 8.84 Å². The molecule has 0 bridgehead atoms. The second-order valence-electron chi connectivity index (χ2n) is 5.34. The minimum Gasteiger partial charge on any atom is -0.464 e. The second-order valence-corrected chi connectivity index (χ2v) is 9.80. The molecular weight excluding hydrogens is 254 g/mol. The molecule has 0 aliphatic carbocycles. The van der Waals surface area contributed by atoms with E-state index in [0.29, 0.717) is 0 Å². The second kappa shape index (κ2) is 5.43. The lowest BCUT2D eigenvalue weighted by molar-refractivity contribution is 0.255. The zero-order chi connectivity index (χ0) is 13.9. The lowest BCUT2D eigenvalue weighted by Crippen LogP contribution is -2.27. The van der Waals surface area contributed by atoms with E-state index in [2.05, 4.69) is 25.7 Å². The van der Waals surface area contributed by atoms with Crippen LogP contribution in [0.15, 0.2) is 47.1 Å². The van der Waals surface area contributed by atoms with Gasteiger partial charge in [0.25, 0.3) is 0 Å². The maximum absolute atomic E-state index is 9.22. The Hall–Kier alpha value is -1.83. The van der Waals surface area contributed by atoms with Crippen molar-refractivity contribution < 1.29 is 8.84 Å². The van der Waals surface area contributed by atoms with E-state index in [-0.39, 0.29) is 0 Å². The van der Waals surface area contributed by atoms with E-state index in [1.165, 1.54) is 0 Å². The molecule has 1 aromatic heterocycles. The van der Waals surface area contributed by atoms with Gasteiger partial charge in [0.2, 0.25) is 0 Å². The van der Waals surface area contributed by atoms with Crippen LogP contribution in [0.3, 0.4) is 0 Å². The van der Waals surface area contributed by atoms with Gasteiger partial charge in [-0.3, -0.25) is 0 Å².